The minimum Gasteiger partial charge on any atom is -0.462 e. The van der Waals surface area contributed by atoms with Gasteiger partial charge in [0, 0.05) is 25.7 Å². The van der Waals surface area contributed by atoms with Gasteiger partial charge in [0.2, 0.25) is 0 Å². The van der Waals surface area contributed by atoms with Crippen molar-refractivity contribution in [2.45, 2.75) is 406 Å². The third kappa shape index (κ3) is 67.0. The van der Waals surface area contributed by atoms with Gasteiger partial charge in [-0.3, -0.25) is 37.3 Å². The Morgan fingerprint density at radius 2 is 0.516 bits per heavy atom. The maximum atomic E-state index is 13.1. The number of hydrogen-bond acceptors (Lipinski definition) is 15. The summed E-state index contributed by atoms with van der Waals surface area (Å²) in [5.74, 6) is -1.35. The van der Waals surface area contributed by atoms with E-state index in [1.807, 2.05) is 0 Å². The van der Waals surface area contributed by atoms with Crippen LogP contribution in [0.2, 0.25) is 0 Å². The van der Waals surface area contributed by atoms with Gasteiger partial charge in [-0.1, -0.05) is 336 Å². The van der Waals surface area contributed by atoms with Crippen LogP contribution in [0.25, 0.3) is 0 Å². The number of carbonyl (C=O) groups excluding carboxylic acids is 4. The van der Waals surface area contributed by atoms with Crippen LogP contribution in [0.5, 0.6) is 0 Å². The molecule has 0 saturated heterocycles. The van der Waals surface area contributed by atoms with Gasteiger partial charge in [0.15, 0.2) is 12.2 Å². The normalized spacial score (nSPS) is 14.3. The Kier molecular flexibility index (Phi) is 65.9. The molecule has 0 saturated carbocycles. The lowest BCUT2D eigenvalue weighted by molar-refractivity contribution is -0.161. The zero-order chi connectivity index (χ0) is 68.4. The fourth-order valence-corrected chi connectivity index (χ4v) is 12.9. The SMILES string of the molecule is CCCCCCCCCCCCCCCCCC(=O)OC[C@H](COP(=O)(O)OC[C@@H](O)COP(=O)(O)OC[C@@H](COC(=O)CCCCCCCCCCCCC)OC(=O)CCCCCCCCCCC(C)CC)OC(=O)CCCCCCCCCCCCCCCCC. The largest absolute Gasteiger partial charge is 0.472 e. The molecule has 552 valence electrons. The molecule has 0 aliphatic rings. The minimum atomic E-state index is -4.95. The quantitative estimate of drug-likeness (QED) is 0.0222. The van der Waals surface area contributed by atoms with Crippen LogP contribution in [0, 0.1) is 5.92 Å². The van der Waals surface area contributed by atoms with E-state index in [0.29, 0.717) is 25.7 Å². The van der Waals surface area contributed by atoms with Crippen LogP contribution in [0.1, 0.15) is 388 Å². The number of aliphatic hydroxyl groups is 1. The van der Waals surface area contributed by atoms with E-state index in [9.17, 15) is 43.2 Å². The molecule has 3 unspecified atom stereocenters. The van der Waals surface area contributed by atoms with Crippen LogP contribution in [0.15, 0.2) is 0 Å². The first-order valence-corrected chi connectivity index (χ1v) is 41.7. The van der Waals surface area contributed by atoms with Crippen molar-refractivity contribution in [1.29, 1.82) is 0 Å². The summed E-state index contributed by atoms with van der Waals surface area (Å²) >= 11 is 0. The monoisotopic (exact) mass is 1370 g/mol. The number of ether oxygens (including phenoxy) is 4. The van der Waals surface area contributed by atoms with Crippen LogP contribution in [-0.2, 0) is 65.4 Å². The van der Waals surface area contributed by atoms with Crippen molar-refractivity contribution < 1.29 is 80.2 Å². The summed E-state index contributed by atoms with van der Waals surface area (Å²) in [6, 6.07) is 0. The predicted octanol–water partition coefficient (Wildman–Crippen LogP) is 21.7. The second kappa shape index (κ2) is 67.3. The molecular weight excluding hydrogens is 1220 g/mol. The molecule has 0 spiro atoms. The molecule has 17 nitrogen and oxygen atoms in total. The number of phosphoric ester groups is 2. The van der Waals surface area contributed by atoms with Gasteiger partial charge in [0.25, 0.3) is 0 Å². The molecule has 0 radical (unpaired) electrons. The highest BCUT2D eigenvalue weighted by Gasteiger charge is 2.30. The number of esters is 4. The van der Waals surface area contributed by atoms with Crippen molar-refractivity contribution in [1.82, 2.24) is 0 Å². The van der Waals surface area contributed by atoms with Gasteiger partial charge in [-0.2, -0.15) is 0 Å². The molecule has 3 N–H and O–H groups in total. The highest BCUT2D eigenvalue weighted by molar-refractivity contribution is 7.47. The van der Waals surface area contributed by atoms with Gasteiger partial charge >= 0.3 is 39.5 Å². The minimum absolute atomic E-state index is 0.106. The van der Waals surface area contributed by atoms with Gasteiger partial charge in [-0.15, -0.1) is 0 Å². The summed E-state index contributed by atoms with van der Waals surface area (Å²) in [4.78, 5) is 72.7. The maximum absolute atomic E-state index is 13.1. The Morgan fingerprint density at radius 1 is 0.301 bits per heavy atom. The van der Waals surface area contributed by atoms with Crippen molar-refractivity contribution in [3.63, 3.8) is 0 Å². The Hall–Kier alpha value is -1.94. The fraction of sp³-hybridized carbons (Fsp3) is 0.946. The Bertz CT molecular complexity index is 1790. The average molecular weight is 1370 g/mol. The number of hydrogen-bond donors (Lipinski definition) is 3. The summed E-state index contributed by atoms with van der Waals surface area (Å²) in [6.45, 7) is 7.28. The highest BCUT2D eigenvalue weighted by Crippen LogP contribution is 2.45. The van der Waals surface area contributed by atoms with Gasteiger partial charge in [-0.25, -0.2) is 9.13 Å². The smallest absolute Gasteiger partial charge is 0.462 e. The van der Waals surface area contributed by atoms with E-state index in [1.54, 1.807) is 0 Å². The number of aliphatic hydroxyl groups excluding tert-OH is 1. The van der Waals surface area contributed by atoms with E-state index in [1.165, 1.54) is 212 Å². The highest BCUT2D eigenvalue weighted by atomic mass is 31.2. The summed E-state index contributed by atoms with van der Waals surface area (Å²) < 4.78 is 68.5. The molecule has 0 aromatic heterocycles. The first-order chi connectivity index (χ1) is 45.1. The van der Waals surface area contributed by atoms with Crippen molar-refractivity contribution >= 4 is 39.5 Å². The summed E-state index contributed by atoms with van der Waals surface area (Å²) in [5, 5.41) is 10.6. The van der Waals surface area contributed by atoms with Crippen molar-refractivity contribution in [3.8, 4) is 0 Å². The van der Waals surface area contributed by atoms with Gasteiger partial charge in [0.1, 0.15) is 19.3 Å². The lowest BCUT2D eigenvalue weighted by Gasteiger charge is -2.21. The number of unbranched alkanes of at least 4 members (excludes halogenated alkanes) is 45. The molecule has 0 amide bonds. The lowest BCUT2D eigenvalue weighted by Crippen LogP contribution is -2.30. The van der Waals surface area contributed by atoms with Gasteiger partial charge in [0.05, 0.1) is 26.4 Å². The van der Waals surface area contributed by atoms with E-state index >= 15 is 0 Å². The molecule has 6 atom stereocenters. The second-order valence-electron chi connectivity index (χ2n) is 26.9. The van der Waals surface area contributed by atoms with Gasteiger partial charge < -0.3 is 33.8 Å². The van der Waals surface area contributed by atoms with Crippen LogP contribution in [0.4, 0.5) is 0 Å². The molecule has 0 aliphatic carbocycles. The topological polar surface area (TPSA) is 237 Å². The molecule has 0 heterocycles. The zero-order valence-corrected chi connectivity index (χ0v) is 62.2. The van der Waals surface area contributed by atoms with Crippen LogP contribution in [0.3, 0.4) is 0 Å². The number of phosphoric acid groups is 2. The second-order valence-corrected chi connectivity index (χ2v) is 29.8. The molecule has 93 heavy (non-hydrogen) atoms. The van der Waals surface area contributed by atoms with E-state index in [-0.39, 0.29) is 25.7 Å². The molecule has 0 fully saturated rings. The maximum Gasteiger partial charge on any atom is 0.472 e. The first kappa shape index (κ1) is 91.1. The fourth-order valence-electron chi connectivity index (χ4n) is 11.3. The van der Waals surface area contributed by atoms with E-state index in [4.69, 9.17) is 37.0 Å². The number of rotatable bonds is 74. The summed E-state index contributed by atoms with van der Waals surface area (Å²) in [5.41, 5.74) is 0. The molecular formula is C74H144O17P2. The van der Waals surface area contributed by atoms with Gasteiger partial charge in [-0.05, 0) is 31.6 Å². The Balaban J connectivity index is 5.25. The first-order valence-electron chi connectivity index (χ1n) is 38.7. The molecule has 0 rings (SSSR count). The van der Waals surface area contributed by atoms with Crippen molar-refractivity contribution in [2.24, 2.45) is 5.92 Å². The third-order valence-corrected chi connectivity index (χ3v) is 19.5. The third-order valence-electron chi connectivity index (χ3n) is 17.6. The van der Waals surface area contributed by atoms with Crippen molar-refractivity contribution in [2.75, 3.05) is 39.6 Å². The average Bonchev–Trinajstić information content (AvgIpc) is 3.69. The zero-order valence-electron chi connectivity index (χ0n) is 60.4. The Morgan fingerprint density at radius 3 is 0.763 bits per heavy atom. The van der Waals surface area contributed by atoms with Crippen LogP contribution in [-0.4, -0.2) is 96.7 Å². The Labute approximate surface area is 568 Å². The van der Waals surface area contributed by atoms with Crippen LogP contribution >= 0.6 is 15.6 Å². The predicted molar refractivity (Wildman–Crippen MR) is 377 cm³/mol. The molecule has 0 aromatic rings. The summed E-state index contributed by atoms with van der Waals surface area (Å²) in [7, 11) is -9.91. The standard InChI is InChI=1S/C74H144O17P2/c1-6-10-13-16-19-22-25-27-29-31-34-37-43-48-53-58-72(77)85-63-69(90-73(78)59-54-49-44-38-35-32-30-28-26-23-20-17-14-11-7-2)65-88-92(80,81)86-61-68(75)62-87-93(82,83)89-66-70(64-84-71(76)57-52-47-42-36-33-24-21-18-15-12-8-3)91-74(79)60-55-50-45-40-39-41-46-51-56-67(5)9-4/h67-70,75H,6-66H2,1-5H3,(H,80,81)(H,82,83)/t67?,68-,69-,70-/m1/s1. The van der Waals surface area contributed by atoms with E-state index in [0.717, 1.165) is 95.8 Å². The molecule has 0 aromatic carbocycles. The molecule has 19 heteroatoms. The summed E-state index contributed by atoms with van der Waals surface area (Å²) in [6.07, 6.45) is 55.3. The van der Waals surface area contributed by atoms with Crippen molar-refractivity contribution in [3.05, 3.63) is 0 Å². The number of carbonyl (C=O) groups is 4. The van der Waals surface area contributed by atoms with Crippen LogP contribution < -0.4 is 0 Å². The molecule has 0 aliphatic heterocycles. The van der Waals surface area contributed by atoms with E-state index < -0.39 is 97.5 Å². The lowest BCUT2D eigenvalue weighted by atomic mass is 9.99. The molecule has 0 bridgehead atoms. The van der Waals surface area contributed by atoms with E-state index in [2.05, 4.69) is 34.6 Å².